The van der Waals surface area contributed by atoms with E-state index in [1.165, 1.54) is 24.0 Å². The van der Waals surface area contributed by atoms with E-state index in [4.69, 9.17) is 0 Å². The highest BCUT2D eigenvalue weighted by Crippen LogP contribution is 2.19. The molecule has 0 saturated carbocycles. The highest BCUT2D eigenvalue weighted by molar-refractivity contribution is 5.25. The molecule has 1 rings (SSSR count). The van der Waals surface area contributed by atoms with Gasteiger partial charge in [-0.15, -0.1) is 0 Å². The van der Waals surface area contributed by atoms with E-state index >= 15 is 0 Å². The van der Waals surface area contributed by atoms with Crippen molar-refractivity contribution in [3.63, 3.8) is 0 Å². The second-order valence-electron chi connectivity index (χ2n) is 7.33. The van der Waals surface area contributed by atoms with Gasteiger partial charge in [0.05, 0.1) is 0 Å². The zero-order valence-electron chi connectivity index (χ0n) is 13.6. The molecular formula is C18H31N. The summed E-state index contributed by atoms with van der Waals surface area (Å²) < 4.78 is 0. The third kappa shape index (κ3) is 6.77. The largest absolute Gasteiger partial charge is 0.310 e. The zero-order chi connectivity index (χ0) is 14.5. The van der Waals surface area contributed by atoms with Gasteiger partial charge >= 0.3 is 0 Å². The summed E-state index contributed by atoms with van der Waals surface area (Å²) in [6.45, 7) is 14.7. The van der Waals surface area contributed by atoms with Gasteiger partial charge in [0.25, 0.3) is 0 Å². The first kappa shape index (κ1) is 16.2. The third-order valence-electron chi connectivity index (χ3n) is 3.45. The summed E-state index contributed by atoms with van der Waals surface area (Å²) in [4.78, 5) is 0. The average Bonchev–Trinajstić information content (AvgIpc) is 2.27. The molecule has 0 spiro atoms. The SMILES string of the molecule is CC(C)Cc1ccc(C(C)NCCC(C)(C)C)cc1. The summed E-state index contributed by atoms with van der Waals surface area (Å²) in [7, 11) is 0. The van der Waals surface area contributed by atoms with Gasteiger partial charge < -0.3 is 5.32 Å². The molecule has 1 unspecified atom stereocenters. The molecule has 108 valence electrons. The predicted octanol–water partition coefficient (Wildman–Crippen LogP) is 4.97. The molecule has 19 heavy (non-hydrogen) atoms. The van der Waals surface area contributed by atoms with Crippen LogP contribution in [-0.2, 0) is 6.42 Å². The first-order chi connectivity index (χ1) is 8.78. The van der Waals surface area contributed by atoms with Gasteiger partial charge in [0.2, 0.25) is 0 Å². The lowest BCUT2D eigenvalue weighted by Gasteiger charge is -2.21. The van der Waals surface area contributed by atoms with Gasteiger partial charge in [-0.05, 0) is 48.8 Å². The van der Waals surface area contributed by atoms with Crippen LogP contribution in [0.1, 0.15) is 65.1 Å². The fourth-order valence-corrected chi connectivity index (χ4v) is 2.20. The Kier molecular flexibility index (Phi) is 6.06. The van der Waals surface area contributed by atoms with Crippen molar-refractivity contribution in [1.29, 1.82) is 0 Å². The molecule has 0 fully saturated rings. The summed E-state index contributed by atoms with van der Waals surface area (Å²) in [6.07, 6.45) is 2.38. The lowest BCUT2D eigenvalue weighted by molar-refractivity contribution is 0.358. The number of rotatable bonds is 6. The van der Waals surface area contributed by atoms with E-state index in [1.54, 1.807) is 0 Å². The van der Waals surface area contributed by atoms with Gasteiger partial charge in [-0.1, -0.05) is 58.9 Å². The van der Waals surface area contributed by atoms with Crippen molar-refractivity contribution >= 4 is 0 Å². The normalized spacial score (nSPS) is 13.8. The number of hydrogen-bond acceptors (Lipinski definition) is 1. The van der Waals surface area contributed by atoms with Crippen LogP contribution >= 0.6 is 0 Å². The van der Waals surface area contributed by atoms with Gasteiger partial charge in [-0.25, -0.2) is 0 Å². The van der Waals surface area contributed by atoms with E-state index in [2.05, 4.69) is 71.1 Å². The topological polar surface area (TPSA) is 12.0 Å². The first-order valence-electron chi connectivity index (χ1n) is 7.60. The fraction of sp³-hybridized carbons (Fsp3) is 0.667. The molecule has 0 saturated heterocycles. The Morgan fingerprint density at radius 2 is 1.58 bits per heavy atom. The number of benzene rings is 1. The smallest absolute Gasteiger partial charge is 0.0291 e. The van der Waals surface area contributed by atoms with E-state index in [0.29, 0.717) is 11.5 Å². The van der Waals surface area contributed by atoms with Crippen LogP contribution in [0.2, 0.25) is 0 Å². The molecule has 0 heterocycles. The molecule has 1 nitrogen and oxygen atoms in total. The molecule has 0 radical (unpaired) electrons. The minimum absolute atomic E-state index is 0.411. The number of hydrogen-bond donors (Lipinski definition) is 1. The van der Waals surface area contributed by atoms with E-state index in [1.807, 2.05) is 0 Å². The van der Waals surface area contributed by atoms with E-state index in [-0.39, 0.29) is 0 Å². The molecule has 0 aliphatic carbocycles. The number of nitrogens with one attached hydrogen (secondary N) is 1. The minimum Gasteiger partial charge on any atom is -0.310 e. The van der Waals surface area contributed by atoms with Gasteiger partial charge in [0.1, 0.15) is 0 Å². The average molecular weight is 261 g/mol. The Balaban J connectivity index is 2.46. The van der Waals surface area contributed by atoms with Crippen LogP contribution in [0.4, 0.5) is 0 Å². The Morgan fingerprint density at radius 3 is 2.05 bits per heavy atom. The Hall–Kier alpha value is -0.820. The molecule has 0 aliphatic heterocycles. The van der Waals surface area contributed by atoms with Crippen molar-refractivity contribution < 1.29 is 0 Å². The van der Waals surface area contributed by atoms with Crippen LogP contribution in [0.5, 0.6) is 0 Å². The van der Waals surface area contributed by atoms with Crippen molar-refractivity contribution in [3.05, 3.63) is 35.4 Å². The fourth-order valence-electron chi connectivity index (χ4n) is 2.20. The van der Waals surface area contributed by atoms with Gasteiger partial charge in [0.15, 0.2) is 0 Å². The zero-order valence-corrected chi connectivity index (χ0v) is 13.6. The molecule has 1 atom stereocenters. The first-order valence-corrected chi connectivity index (χ1v) is 7.60. The minimum atomic E-state index is 0.411. The van der Waals surface area contributed by atoms with Crippen LogP contribution in [0.25, 0.3) is 0 Å². The lowest BCUT2D eigenvalue weighted by atomic mass is 9.92. The molecule has 1 N–H and O–H groups in total. The van der Waals surface area contributed by atoms with E-state index in [0.717, 1.165) is 12.5 Å². The van der Waals surface area contributed by atoms with Crippen molar-refractivity contribution in [2.75, 3.05) is 6.54 Å². The highest BCUT2D eigenvalue weighted by Gasteiger charge is 2.11. The van der Waals surface area contributed by atoms with Gasteiger partial charge in [-0.2, -0.15) is 0 Å². The second-order valence-corrected chi connectivity index (χ2v) is 7.33. The van der Waals surface area contributed by atoms with Crippen molar-refractivity contribution in [1.82, 2.24) is 5.32 Å². The summed E-state index contributed by atoms with van der Waals surface area (Å²) in [5, 5.41) is 3.62. The van der Waals surface area contributed by atoms with Crippen LogP contribution in [-0.4, -0.2) is 6.54 Å². The van der Waals surface area contributed by atoms with Crippen molar-refractivity contribution in [2.45, 2.75) is 60.4 Å². The molecule has 1 aromatic rings. The summed E-state index contributed by atoms with van der Waals surface area (Å²) in [5.74, 6) is 0.730. The molecule has 1 aromatic carbocycles. The van der Waals surface area contributed by atoms with Crippen LogP contribution in [0.3, 0.4) is 0 Å². The summed E-state index contributed by atoms with van der Waals surface area (Å²) in [6, 6.07) is 9.53. The summed E-state index contributed by atoms with van der Waals surface area (Å²) >= 11 is 0. The maximum Gasteiger partial charge on any atom is 0.0291 e. The highest BCUT2D eigenvalue weighted by atomic mass is 14.9. The van der Waals surface area contributed by atoms with Gasteiger partial charge in [-0.3, -0.25) is 0 Å². The van der Waals surface area contributed by atoms with Crippen molar-refractivity contribution in [3.8, 4) is 0 Å². The molecule has 0 aliphatic rings. The van der Waals surface area contributed by atoms with Crippen LogP contribution < -0.4 is 5.32 Å². The Labute approximate surface area is 119 Å². The molecular weight excluding hydrogens is 230 g/mol. The molecule has 0 aromatic heterocycles. The molecule has 0 amide bonds. The van der Waals surface area contributed by atoms with E-state index in [9.17, 15) is 0 Å². The quantitative estimate of drug-likeness (QED) is 0.762. The van der Waals surface area contributed by atoms with Crippen LogP contribution in [0, 0.1) is 11.3 Å². The summed E-state index contributed by atoms with van der Waals surface area (Å²) in [5.41, 5.74) is 3.25. The standard InChI is InChI=1S/C18H31N/c1-14(2)13-16-7-9-17(10-8-16)15(3)19-12-11-18(4,5)6/h7-10,14-15,19H,11-13H2,1-6H3. The lowest BCUT2D eigenvalue weighted by Crippen LogP contribution is -2.23. The molecule has 1 heteroatoms. The monoisotopic (exact) mass is 261 g/mol. The maximum absolute atomic E-state index is 3.62. The van der Waals surface area contributed by atoms with E-state index < -0.39 is 0 Å². The van der Waals surface area contributed by atoms with Crippen LogP contribution in [0.15, 0.2) is 24.3 Å². The van der Waals surface area contributed by atoms with Gasteiger partial charge in [0, 0.05) is 6.04 Å². The van der Waals surface area contributed by atoms with Crippen molar-refractivity contribution in [2.24, 2.45) is 11.3 Å². The Morgan fingerprint density at radius 1 is 1.00 bits per heavy atom. The molecule has 0 bridgehead atoms. The second kappa shape index (κ2) is 7.09. The predicted molar refractivity (Wildman–Crippen MR) is 85.5 cm³/mol. The maximum atomic E-state index is 3.62. The third-order valence-corrected chi connectivity index (χ3v) is 3.45. The Bertz CT molecular complexity index is 356.